The third kappa shape index (κ3) is 2.74. The predicted octanol–water partition coefficient (Wildman–Crippen LogP) is 2.26. The van der Waals surface area contributed by atoms with Crippen LogP contribution >= 0.6 is 11.3 Å². The highest BCUT2D eigenvalue weighted by Crippen LogP contribution is 2.35. The number of likely N-dealkylation sites (N-methyl/N-ethyl adjacent to an activating group) is 1. The molecule has 1 fully saturated rings. The standard InChI is InChI=1S/C10H15F3N4S/c1-17(7-5-3-2-4-6(7)14)9-16-15-8(18-9)10(11,12)13/h6-7H,2-5,14H2,1H3. The number of hydrogen-bond donors (Lipinski definition) is 1. The number of aromatic nitrogens is 2. The van der Waals surface area contributed by atoms with Crippen LogP contribution < -0.4 is 10.6 Å². The van der Waals surface area contributed by atoms with Crippen molar-refractivity contribution in [2.75, 3.05) is 11.9 Å². The minimum absolute atomic E-state index is 0.0120. The summed E-state index contributed by atoms with van der Waals surface area (Å²) >= 11 is 0.567. The summed E-state index contributed by atoms with van der Waals surface area (Å²) in [7, 11) is 1.73. The fourth-order valence-corrected chi connectivity index (χ4v) is 2.97. The Morgan fingerprint density at radius 1 is 1.28 bits per heavy atom. The lowest BCUT2D eigenvalue weighted by Crippen LogP contribution is -2.48. The highest BCUT2D eigenvalue weighted by atomic mass is 32.1. The maximum atomic E-state index is 12.4. The molecule has 2 rings (SSSR count). The molecule has 2 atom stereocenters. The average Bonchev–Trinajstić information content (AvgIpc) is 2.77. The summed E-state index contributed by atoms with van der Waals surface area (Å²) in [5.74, 6) is 0. The fourth-order valence-electron chi connectivity index (χ4n) is 2.24. The van der Waals surface area contributed by atoms with Gasteiger partial charge in [-0.25, -0.2) is 0 Å². The minimum Gasteiger partial charge on any atom is -0.345 e. The van der Waals surface area contributed by atoms with Crippen molar-refractivity contribution in [2.45, 2.75) is 43.9 Å². The first kappa shape index (κ1) is 13.5. The van der Waals surface area contributed by atoms with E-state index in [9.17, 15) is 13.2 Å². The Bertz CT molecular complexity index is 406. The van der Waals surface area contributed by atoms with Gasteiger partial charge in [-0.15, -0.1) is 10.2 Å². The summed E-state index contributed by atoms with van der Waals surface area (Å²) in [5, 5.41) is 6.17. The molecule has 1 aliphatic rings. The van der Waals surface area contributed by atoms with E-state index in [0.717, 1.165) is 25.7 Å². The Morgan fingerprint density at radius 2 is 1.94 bits per heavy atom. The van der Waals surface area contributed by atoms with Gasteiger partial charge in [0.15, 0.2) is 0 Å². The van der Waals surface area contributed by atoms with Gasteiger partial charge >= 0.3 is 6.18 Å². The number of anilines is 1. The van der Waals surface area contributed by atoms with E-state index < -0.39 is 11.2 Å². The van der Waals surface area contributed by atoms with E-state index in [1.807, 2.05) is 0 Å². The van der Waals surface area contributed by atoms with Gasteiger partial charge in [-0.1, -0.05) is 24.2 Å². The highest BCUT2D eigenvalue weighted by molar-refractivity contribution is 7.15. The quantitative estimate of drug-likeness (QED) is 0.903. The molecule has 0 spiro atoms. The molecule has 0 aromatic carbocycles. The van der Waals surface area contributed by atoms with E-state index in [4.69, 9.17) is 5.73 Å². The fraction of sp³-hybridized carbons (Fsp3) is 0.800. The zero-order valence-corrected chi connectivity index (χ0v) is 10.8. The van der Waals surface area contributed by atoms with Gasteiger partial charge in [0.1, 0.15) is 0 Å². The number of halogens is 3. The second-order valence-electron chi connectivity index (χ2n) is 4.51. The van der Waals surface area contributed by atoms with E-state index in [0.29, 0.717) is 11.3 Å². The molecular formula is C10H15F3N4S. The van der Waals surface area contributed by atoms with Crippen molar-refractivity contribution >= 4 is 16.5 Å². The van der Waals surface area contributed by atoms with Crippen molar-refractivity contribution in [3.63, 3.8) is 0 Å². The lowest BCUT2D eigenvalue weighted by atomic mass is 9.90. The molecule has 2 N–H and O–H groups in total. The summed E-state index contributed by atoms with van der Waals surface area (Å²) in [6, 6.07) is 0.0368. The van der Waals surface area contributed by atoms with Gasteiger partial charge in [-0.2, -0.15) is 13.2 Å². The van der Waals surface area contributed by atoms with Crippen molar-refractivity contribution in [3.8, 4) is 0 Å². The van der Waals surface area contributed by atoms with E-state index in [-0.39, 0.29) is 17.2 Å². The van der Waals surface area contributed by atoms with Gasteiger partial charge in [0.25, 0.3) is 0 Å². The second-order valence-corrected chi connectivity index (χ2v) is 5.47. The van der Waals surface area contributed by atoms with Crippen LogP contribution in [0.5, 0.6) is 0 Å². The number of alkyl halides is 3. The van der Waals surface area contributed by atoms with E-state index >= 15 is 0 Å². The van der Waals surface area contributed by atoms with Crippen molar-refractivity contribution in [1.82, 2.24) is 10.2 Å². The van der Waals surface area contributed by atoms with E-state index in [2.05, 4.69) is 10.2 Å². The smallest absolute Gasteiger partial charge is 0.345 e. The number of nitrogens with two attached hydrogens (primary N) is 1. The van der Waals surface area contributed by atoms with Crippen LogP contribution in [0.3, 0.4) is 0 Å². The van der Waals surface area contributed by atoms with Crippen molar-refractivity contribution in [2.24, 2.45) is 5.73 Å². The van der Waals surface area contributed by atoms with Gasteiger partial charge in [-0.3, -0.25) is 0 Å². The van der Waals surface area contributed by atoms with Crippen molar-refractivity contribution < 1.29 is 13.2 Å². The Kier molecular flexibility index (Phi) is 3.76. The topological polar surface area (TPSA) is 55.0 Å². The normalized spacial score (nSPS) is 25.2. The molecular weight excluding hydrogens is 265 g/mol. The molecule has 0 saturated heterocycles. The maximum absolute atomic E-state index is 12.4. The first-order valence-electron chi connectivity index (χ1n) is 5.78. The molecule has 2 unspecified atom stereocenters. The Labute approximate surface area is 107 Å². The van der Waals surface area contributed by atoms with Crippen LogP contribution in [0.15, 0.2) is 0 Å². The molecule has 0 bridgehead atoms. The molecule has 0 radical (unpaired) electrons. The van der Waals surface area contributed by atoms with Crippen LogP contribution in [0.2, 0.25) is 0 Å². The largest absolute Gasteiger partial charge is 0.445 e. The summed E-state index contributed by atoms with van der Waals surface area (Å²) in [5.41, 5.74) is 6.00. The molecule has 1 heterocycles. The van der Waals surface area contributed by atoms with Crippen LogP contribution in [0.4, 0.5) is 18.3 Å². The van der Waals surface area contributed by atoms with Crippen LogP contribution in [-0.4, -0.2) is 29.3 Å². The maximum Gasteiger partial charge on any atom is 0.445 e. The third-order valence-electron chi connectivity index (χ3n) is 3.24. The number of hydrogen-bond acceptors (Lipinski definition) is 5. The van der Waals surface area contributed by atoms with Gasteiger partial charge in [0.2, 0.25) is 10.1 Å². The SMILES string of the molecule is CN(c1nnc(C(F)(F)F)s1)C1CCCCC1N. The number of rotatable bonds is 2. The lowest BCUT2D eigenvalue weighted by Gasteiger charge is -2.35. The first-order chi connectivity index (χ1) is 8.39. The molecule has 102 valence electrons. The molecule has 1 aromatic rings. The minimum atomic E-state index is -4.43. The van der Waals surface area contributed by atoms with Gasteiger partial charge < -0.3 is 10.6 Å². The van der Waals surface area contributed by atoms with Crippen LogP contribution in [0.1, 0.15) is 30.7 Å². The molecule has 0 aliphatic heterocycles. The third-order valence-corrected chi connectivity index (χ3v) is 4.30. The number of nitrogens with zero attached hydrogens (tertiary/aromatic N) is 3. The summed E-state index contributed by atoms with van der Waals surface area (Å²) in [6.45, 7) is 0. The van der Waals surface area contributed by atoms with E-state index in [1.54, 1.807) is 11.9 Å². The van der Waals surface area contributed by atoms with Gasteiger partial charge in [0, 0.05) is 19.1 Å². The molecule has 0 amide bonds. The molecule has 18 heavy (non-hydrogen) atoms. The Hall–Kier alpha value is -0.890. The average molecular weight is 280 g/mol. The summed E-state index contributed by atoms with van der Waals surface area (Å²) < 4.78 is 37.3. The van der Waals surface area contributed by atoms with Crippen LogP contribution in [-0.2, 0) is 6.18 Å². The predicted molar refractivity (Wildman–Crippen MR) is 63.5 cm³/mol. The van der Waals surface area contributed by atoms with Crippen molar-refractivity contribution in [3.05, 3.63) is 5.01 Å². The van der Waals surface area contributed by atoms with Gasteiger partial charge in [-0.05, 0) is 12.8 Å². The van der Waals surface area contributed by atoms with Crippen LogP contribution in [0, 0.1) is 0 Å². The molecule has 1 aliphatic carbocycles. The molecule has 1 saturated carbocycles. The summed E-state index contributed by atoms with van der Waals surface area (Å²) in [4.78, 5) is 1.73. The molecule has 4 nitrogen and oxygen atoms in total. The zero-order chi connectivity index (χ0) is 13.3. The lowest BCUT2D eigenvalue weighted by molar-refractivity contribution is -0.138. The zero-order valence-electron chi connectivity index (χ0n) is 9.94. The summed E-state index contributed by atoms with van der Waals surface area (Å²) in [6.07, 6.45) is -0.507. The first-order valence-corrected chi connectivity index (χ1v) is 6.60. The Balaban J connectivity index is 2.13. The van der Waals surface area contributed by atoms with E-state index in [1.165, 1.54) is 0 Å². The second kappa shape index (κ2) is 5.00. The molecule has 8 heteroatoms. The van der Waals surface area contributed by atoms with Crippen LogP contribution in [0.25, 0.3) is 0 Å². The molecule has 1 aromatic heterocycles. The highest BCUT2D eigenvalue weighted by Gasteiger charge is 2.37. The monoisotopic (exact) mass is 280 g/mol. The Morgan fingerprint density at radius 3 is 2.50 bits per heavy atom. The van der Waals surface area contributed by atoms with Gasteiger partial charge in [0.05, 0.1) is 0 Å². The van der Waals surface area contributed by atoms with Crippen molar-refractivity contribution in [1.29, 1.82) is 0 Å².